The zero-order valence-electron chi connectivity index (χ0n) is 11.0. The zero-order valence-corrected chi connectivity index (χ0v) is 14.2. The number of rotatable bonds is 4. The number of nitriles is 1. The minimum absolute atomic E-state index is 0.366. The molecule has 2 aromatic heterocycles. The Morgan fingerprint density at radius 3 is 2.86 bits per heavy atom. The molecule has 6 heteroatoms. The standard InChI is InChI=1S/C15H11BrClN3S/c16-14-4-2-11(21-14)5-6-20-13-7-10(9-18)1-3-12(13)19-15(20)8-17/h1-4,7H,5-6,8H2. The summed E-state index contributed by atoms with van der Waals surface area (Å²) in [5.74, 6) is 1.21. The number of alkyl halides is 1. The van der Waals surface area contributed by atoms with Crippen LogP contribution in [0.1, 0.15) is 16.3 Å². The average Bonchev–Trinajstić information content (AvgIpc) is 3.07. The summed E-state index contributed by atoms with van der Waals surface area (Å²) in [5.41, 5.74) is 2.50. The summed E-state index contributed by atoms with van der Waals surface area (Å²) >= 11 is 11.2. The molecule has 0 N–H and O–H groups in total. The third-order valence-electron chi connectivity index (χ3n) is 3.29. The Balaban J connectivity index is 1.97. The first kappa shape index (κ1) is 14.6. The van der Waals surface area contributed by atoms with Crippen molar-refractivity contribution in [1.29, 1.82) is 5.26 Å². The molecule has 1 aromatic carbocycles. The van der Waals surface area contributed by atoms with Crippen molar-refractivity contribution in [3.8, 4) is 6.07 Å². The number of aryl methyl sites for hydroxylation is 2. The Hall–Kier alpha value is -1.35. The third kappa shape index (κ3) is 2.98. The fraction of sp³-hybridized carbons (Fsp3) is 0.200. The summed E-state index contributed by atoms with van der Waals surface area (Å²) in [6.45, 7) is 0.806. The van der Waals surface area contributed by atoms with Crippen LogP contribution in [-0.4, -0.2) is 9.55 Å². The largest absolute Gasteiger partial charge is 0.327 e. The van der Waals surface area contributed by atoms with E-state index in [2.05, 4.69) is 43.7 Å². The molecule has 0 fully saturated rings. The van der Waals surface area contributed by atoms with Gasteiger partial charge in [0.2, 0.25) is 0 Å². The molecule has 0 aliphatic rings. The fourth-order valence-electron chi connectivity index (χ4n) is 2.30. The smallest absolute Gasteiger partial charge is 0.124 e. The quantitative estimate of drug-likeness (QED) is 0.615. The van der Waals surface area contributed by atoms with E-state index in [-0.39, 0.29) is 0 Å². The predicted molar refractivity (Wildman–Crippen MR) is 89.7 cm³/mol. The second kappa shape index (κ2) is 6.18. The van der Waals surface area contributed by atoms with Gasteiger partial charge in [0, 0.05) is 11.4 Å². The van der Waals surface area contributed by atoms with Gasteiger partial charge in [0.05, 0.1) is 32.3 Å². The van der Waals surface area contributed by atoms with Gasteiger partial charge >= 0.3 is 0 Å². The molecular formula is C15H11BrClN3S. The first-order valence-electron chi connectivity index (χ1n) is 6.40. The van der Waals surface area contributed by atoms with Gasteiger partial charge in [-0.05, 0) is 52.7 Å². The monoisotopic (exact) mass is 379 g/mol. The van der Waals surface area contributed by atoms with Crippen LogP contribution in [0.25, 0.3) is 11.0 Å². The highest BCUT2D eigenvalue weighted by Crippen LogP contribution is 2.24. The third-order valence-corrected chi connectivity index (χ3v) is 5.21. The minimum atomic E-state index is 0.366. The maximum absolute atomic E-state index is 9.05. The molecule has 3 aromatic rings. The molecular weight excluding hydrogens is 370 g/mol. The van der Waals surface area contributed by atoms with E-state index in [4.69, 9.17) is 16.9 Å². The molecule has 0 radical (unpaired) electrons. The lowest BCUT2D eigenvalue weighted by Crippen LogP contribution is -2.04. The van der Waals surface area contributed by atoms with E-state index in [0.29, 0.717) is 11.4 Å². The van der Waals surface area contributed by atoms with Crippen LogP contribution in [0.4, 0.5) is 0 Å². The van der Waals surface area contributed by atoms with Gasteiger partial charge in [-0.3, -0.25) is 0 Å². The summed E-state index contributed by atoms with van der Waals surface area (Å²) in [6, 6.07) is 11.9. The maximum Gasteiger partial charge on any atom is 0.124 e. The van der Waals surface area contributed by atoms with Crippen molar-refractivity contribution in [3.05, 3.63) is 50.4 Å². The van der Waals surface area contributed by atoms with Crippen molar-refractivity contribution in [2.75, 3.05) is 0 Å². The van der Waals surface area contributed by atoms with E-state index in [1.54, 1.807) is 17.4 Å². The van der Waals surface area contributed by atoms with E-state index >= 15 is 0 Å². The van der Waals surface area contributed by atoms with E-state index in [9.17, 15) is 0 Å². The van der Waals surface area contributed by atoms with Gasteiger partial charge in [0.15, 0.2) is 0 Å². The number of thiophene rings is 1. The highest BCUT2D eigenvalue weighted by atomic mass is 79.9. The molecule has 0 aliphatic carbocycles. The molecule has 0 atom stereocenters. The molecule has 3 nitrogen and oxygen atoms in total. The minimum Gasteiger partial charge on any atom is -0.327 e. The highest BCUT2D eigenvalue weighted by Gasteiger charge is 2.11. The Kier molecular flexibility index (Phi) is 4.29. The summed E-state index contributed by atoms with van der Waals surface area (Å²) in [4.78, 5) is 5.85. The number of nitrogens with zero attached hydrogens (tertiary/aromatic N) is 3. The molecule has 0 saturated heterocycles. The summed E-state index contributed by atoms with van der Waals surface area (Å²) in [6.07, 6.45) is 0.919. The molecule has 106 valence electrons. The Morgan fingerprint density at radius 1 is 1.33 bits per heavy atom. The van der Waals surface area contributed by atoms with Crippen LogP contribution in [0.2, 0.25) is 0 Å². The first-order chi connectivity index (χ1) is 10.2. The van der Waals surface area contributed by atoms with Crippen LogP contribution in [0.5, 0.6) is 0 Å². The predicted octanol–water partition coefficient (Wildman–Crippen LogP) is 4.71. The van der Waals surface area contributed by atoms with Gasteiger partial charge in [-0.1, -0.05) is 0 Å². The highest BCUT2D eigenvalue weighted by molar-refractivity contribution is 9.11. The van der Waals surface area contributed by atoms with Crippen molar-refractivity contribution in [3.63, 3.8) is 0 Å². The van der Waals surface area contributed by atoms with Crippen LogP contribution in [-0.2, 0) is 18.8 Å². The number of imidazole rings is 1. The normalized spacial score (nSPS) is 10.9. The number of hydrogen-bond donors (Lipinski definition) is 0. The second-order valence-corrected chi connectivity index (χ2v) is 7.40. The van der Waals surface area contributed by atoms with Gasteiger partial charge in [-0.2, -0.15) is 5.26 Å². The summed E-state index contributed by atoms with van der Waals surface area (Å²) < 4.78 is 3.24. The fourth-order valence-corrected chi connectivity index (χ4v) is 3.98. The number of halogens is 2. The molecule has 21 heavy (non-hydrogen) atoms. The lowest BCUT2D eigenvalue weighted by Gasteiger charge is -2.06. The maximum atomic E-state index is 9.05. The zero-order chi connectivity index (χ0) is 14.8. The summed E-state index contributed by atoms with van der Waals surface area (Å²) in [7, 11) is 0. The average molecular weight is 381 g/mol. The topological polar surface area (TPSA) is 41.6 Å². The molecule has 0 amide bonds. The Bertz CT molecular complexity index is 831. The van der Waals surface area contributed by atoms with Crippen LogP contribution in [0.15, 0.2) is 34.1 Å². The molecule has 3 rings (SSSR count). The van der Waals surface area contributed by atoms with E-state index < -0.39 is 0 Å². The lowest BCUT2D eigenvalue weighted by atomic mass is 10.2. The van der Waals surface area contributed by atoms with E-state index in [0.717, 1.165) is 33.6 Å². The van der Waals surface area contributed by atoms with Crippen LogP contribution in [0, 0.1) is 11.3 Å². The van der Waals surface area contributed by atoms with Crippen molar-refractivity contribution in [1.82, 2.24) is 9.55 Å². The molecule has 0 bridgehead atoms. The van der Waals surface area contributed by atoms with Gasteiger partial charge in [0.25, 0.3) is 0 Å². The lowest BCUT2D eigenvalue weighted by molar-refractivity contribution is 0.693. The van der Waals surface area contributed by atoms with Gasteiger partial charge < -0.3 is 4.57 Å². The number of fused-ring (bicyclic) bond motifs is 1. The van der Waals surface area contributed by atoms with E-state index in [1.807, 2.05) is 12.1 Å². The number of benzene rings is 1. The van der Waals surface area contributed by atoms with E-state index in [1.165, 1.54) is 4.88 Å². The Labute approximate surface area is 139 Å². The molecule has 0 spiro atoms. The van der Waals surface area contributed by atoms with Crippen molar-refractivity contribution in [2.45, 2.75) is 18.8 Å². The molecule has 0 saturated carbocycles. The number of aromatic nitrogens is 2. The molecule has 0 unspecified atom stereocenters. The number of hydrogen-bond acceptors (Lipinski definition) is 3. The van der Waals surface area contributed by atoms with Gasteiger partial charge in [-0.15, -0.1) is 22.9 Å². The summed E-state index contributed by atoms with van der Waals surface area (Å²) in [5, 5.41) is 9.05. The van der Waals surface area contributed by atoms with Crippen LogP contribution < -0.4 is 0 Å². The van der Waals surface area contributed by atoms with Crippen LogP contribution >= 0.6 is 38.9 Å². The SMILES string of the molecule is N#Cc1ccc2nc(CCl)n(CCc3ccc(Br)s3)c2c1. The van der Waals surface area contributed by atoms with Crippen LogP contribution in [0.3, 0.4) is 0 Å². The Morgan fingerprint density at radius 2 is 2.19 bits per heavy atom. The molecule has 0 aliphatic heterocycles. The van der Waals surface area contributed by atoms with Crippen molar-refractivity contribution in [2.24, 2.45) is 0 Å². The molecule has 2 heterocycles. The van der Waals surface area contributed by atoms with Crippen molar-refractivity contribution < 1.29 is 0 Å². The van der Waals surface area contributed by atoms with Crippen molar-refractivity contribution >= 4 is 49.9 Å². The second-order valence-electron chi connectivity index (χ2n) is 4.58. The van der Waals surface area contributed by atoms with Gasteiger partial charge in [0.1, 0.15) is 5.82 Å². The van der Waals surface area contributed by atoms with Gasteiger partial charge in [-0.25, -0.2) is 4.98 Å². The first-order valence-corrected chi connectivity index (χ1v) is 8.55.